The van der Waals surface area contributed by atoms with Crippen LogP contribution in [0.5, 0.6) is 0 Å². The molecule has 0 aliphatic heterocycles. The van der Waals surface area contributed by atoms with Crippen molar-refractivity contribution in [2.45, 2.75) is 45.8 Å². The number of hydrogen-bond acceptors (Lipinski definition) is 3. The molecule has 4 nitrogen and oxygen atoms in total. The Kier molecular flexibility index (Phi) is 5.72. The molecular formula is C10H22N2O2. The van der Waals surface area contributed by atoms with E-state index in [-0.39, 0.29) is 11.4 Å². The van der Waals surface area contributed by atoms with Crippen LogP contribution >= 0.6 is 0 Å². The molecule has 0 aliphatic rings. The highest BCUT2D eigenvalue weighted by atomic mass is 16.3. The molecule has 1 atom stereocenters. The Morgan fingerprint density at radius 2 is 2.07 bits per heavy atom. The smallest absolute Gasteiger partial charge is 0.221 e. The molecule has 0 radical (unpaired) electrons. The second kappa shape index (κ2) is 5.98. The maximum atomic E-state index is 11.1. The van der Waals surface area contributed by atoms with E-state index in [9.17, 15) is 9.90 Å². The highest BCUT2D eigenvalue weighted by Gasteiger charge is 2.22. The fourth-order valence-corrected chi connectivity index (χ4v) is 0.931. The number of aliphatic hydroxyl groups is 1. The molecule has 0 aromatic rings. The molecular weight excluding hydrogens is 180 g/mol. The summed E-state index contributed by atoms with van der Waals surface area (Å²) in [4.78, 5) is 11.1. The van der Waals surface area contributed by atoms with Crippen molar-refractivity contribution in [2.24, 2.45) is 0 Å². The van der Waals surface area contributed by atoms with Gasteiger partial charge in [-0.25, -0.2) is 0 Å². The minimum atomic E-state index is -0.434. The zero-order chi connectivity index (χ0) is 11.2. The van der Waals surface area contributed by atoms with E-state index in [2.05, 4.69) is 10.6 Å². The molecule has 84 valence electrons. The van der Waals surface area contributed by atoms with Gasteiger partial charge in [-0.1, -0.05) is 0 Å². The highest BCUT2D eigenvalue weighted by Crippen LogP contribution is 2.07. The van der Waals surface area contributed by atoms with Crippen molar-refractivity contribution in [3.8, 4) is 0 Å². The fourth-order valence-electron chi connectivity index (χ4n) is 0.931. The summed E-state index contributed by atoms with van der Waals surface area (Å²) in [5.74, 6) is 0.0430. The average Bonchev–Trinajstić information content (AvgIpc) is 2.04. The minimum absolute atomic E-state index is 0.0430. The Bertz CT molecular complexity index is 179. The molecule has 1 amide bonds. The lowest BCUT2D eigenvalue weighted by atomic mass is 9.99. The molecule has 0 aromatic carbocycles. The van der Waals surface area contributed by atoms with Crippen molar-refractivity contribution in [3.05, 3.63) is 0 Å². The second-order valence-electron chi connectivity index (χ2n) is 4.03. The molecule has 0 fully saturated rings. The van der Waals surface area contributed by atoms with Crippen LogP contribution in [0.15, 0.2) is 0 Å². The molecule has 0 spiro atoms. The SMILES string of the molecule is CCNC(=O)CCNC(C)(C)C(C)O. The number of amides is 1. The summed E-state index contributed by atoms with van der Waals surface area (Å²) in [6, 6.07) is 0. The summed E-state index contributed by atoms with van der Waals surface area (Å²) >= 11 is 0. The van der Waals surface area contributed by atoms with E-state index in [4.69, 9.17) is 0 Å². The van der Waals surface area contributed by atoms with Crippen LogP contribution in [-0.4, -0.2) is 35.7 Å². The number of hydrogen-bond donors (Lipinski definition) is 3. The standard InChI is InChI=1S/C10H22N2O2/c1-5-11-9(14)6-7-12-10(3,4)8(2)13/h8,12-13H,5-7H2,1-4H3,(H,11,14). The Labute approximate surface area is 86.1 Å². The highest BCUT2D eigenvalue weighted by molar-refractivity contribution is 5.75. The predicted octanol–water partition coefficient (Wildman–Crippen LogP) is 0.262. The van der Waals surface area contributed by atoms with E-state index < -0.39 is 6.10 Å². The first-order valence-electron chi connectivity index (χ1n) is 5.10. The number of rotatable bonds is 6. The molecule has 0 rings (SSSR count). The van der Waals surface area contributed by atoms with Crippen molar-refractivity contribution in [3.63, 3.8) is 0 Å². The van der Waals surface area contributed by atoms with E-state index in [0.717, 1.165) is 0 Å². The lowest BCUT2D eigenvalue weighted by Crippen LogP contribution is -2.49. The molecule has 3 N–H and O–H groups in total. The van der Waals surface area contributed by atoms with Gasteiger partial charge in [0.15, 0.2) is 0 Å². The Morgan fingerprint density at radius 3 is 2.50 bits per heavy atom. The molecule has 0 bridgehead atoms. The number of carbonyl (C=O) groups is 1. The number of aliphatic hydroxyl groups excluding tert-OH is 1. The summed E-state index contributed by atoms with van der Waals surface area (Å²) in [7, 11) is 0. The lowest BCUT2D eigenvalue weighted by molar-refractivity contribution is -0.121. The van der Waals surface area contributed by atoms with E-state index >= 15 is 0 Å². The molecule has 1 unspecified atom stereocenters. The summed E-state index contributed by atoms with van der Waals surface area (Å²) in [5.41, 5.74) is -0.341. The van der Waals surface area contributed by atoms with Gasteiger partial charge in [0.05, 0.1) is 6.10 Å². The van der Waals surface area contributed by atoms with Crippen molar-refractivity contribution in [1.29, 1.82) is 0 Å². The Balaban J connectivity index is 3.68. The van der Waals surface area contributed by atoms with E-state index in [1.165, 1.54) is 0 Å². The molecule has 0 saturated carbocycles. The summed E-state index contributed by atoms with van der Waals surface area (Å²) < 4.78 is 0. The lowest BCUT2D eigenvalue weighted by Gasteiger charge is -2.29. The second-order valence-corrected chi connectivity index (χ2v) is 4.03. The van der Waals surface area contributed by atoms with Gasteiger partial charge in [-0.2, -0.15) is 0 Å². The third kappa shape index (κ3) is 5.19. The van der Waals surface area contributed by atoms with Gasteiger partial charge >= 0.3 is 0 Å². The molecule has 0 aliphatic carbocycles. The minimum Gasteiger partial charge on any atom is -0.392 e. The average molecular weight is 202 g/mol. The van der Waals surface area contributed by atoms with E-state index in [0.29, 0.717) is 19.5 Å². The number of carbonyl (C=O) groups excluding carboxylic acids is 1. The van der Waals surface area contributed by atoms with Gasteiger partial charge in [0.1, 0.15) is 0 Å². The third-order valence-corrected chi connectivity index (χ3v) is 2.35. The first-order chi connectivity index (χ1) is 6.40. The van der Waals surface area contributed by atoms with Crippen LogP contribution in [-0.2, 0) is 4.79 Å². The summed E-state index contributed by atoms with van der Waals surface area (Å²) in [6.07, 6.45) is 0.0148. The van der Waals surface area contributed by atoms with E-state index in [1.807, 2.05) is 20.8 Å². The van der Waals surface area contributed by atoms with Crippen LogP contribution in [0.3, 0.4) is 0 Å². The maximum Gasteiger partial charge on any atom is 0.221 e. The molecule has 14 heavy (non-hydrogen) atoms. The zero-order valence-electron chi connectivity index (χ0n) is 9.55. The van der Waals surface area contributed by atoms with Gasteiger partial charge < -0.3 is 15.7 Å². The van der Waals surface area contributed by atoms with Gasteiger partial charge in [0.25, 0.3) is 0 Å². The quantitative estimate of drug-likeness (QED) is 0.579. The van der Waals surface area contributed by atoms with Gasteiger partial charge in [-0.05, 0) is 27.7 Å². The van der Waals surface area contributed by atoms with Crippen LogP contribution in [0.25, 0.3) is 0 Å². The van der Waals surface area contributed by atoms with Crippen LogP contribution in [0.1, 0.15) is 34.1 Å². The van der Waals surface area contributed by atoms with Gasteiger partial charge in [0, 0.05) is 25.0 Å². The van der Waals surface area contributed by atoms with E-state index in [1.54, 1.807) is 6.92 Å². The van der Waals surface area contributed by atoms with Gasteiger partial charge in [0.2, 0.25) is 5.91 Å². The van der Waals surface area contributed by atoms with Crippen molar-refractivity contribution < 1.29 is 9.90 Å². The third-order valence-electron chi connectivity index (χ3n) is 2.35. The Morgan fingerprint density at radius 1 is 1.50 bits per heavy atom. The monoisotopic (exact) mass is 202 g/mol. The molecule has 0 saturated heterocycles. The summed E-state index contributed by atoms with van der Waals surface area (Å²) in [6.45, 7) is 8.71. The maximum absolute atomic E-state index is 11.1. The van der Waals surface area contributed by atoms with Crippen molar-refractivity contribution in [2.75, 3.05) is 13.1 Å². The van der Waals surface area contributed by atoms with Gasteiger partial charge in [-0.15, -0.1) is 0 Å². The zero-order valence-corrected chi connectivity index (χ0v) is 9.55. The normalized spacial score (nSPS) is 13.8. The van der Waals surface area contributed by atoms with Gasteiger partial charge in [-0.3, -0.25) is 4.79 Å². The molecule has 0 aromatic heterocycles. The van der Waals surface area contributed by atoms with Crippen LogP contribution < -0.4 is 10.6 Å². The Hall–Kier alpha value is -0.610. The topological polar surface area (TPSA) is 61.4 Å². The first-order valence-corrected chi connectivity index (χ1v) is 5.10. The fraction of sp³-hybridized carbons (Fsp3) is 0.900. The summed E-state index contributed by atoms with van der Waals surface area (Å²) in [5, 5.41) is 15.2. The van der Waals surface area contributed by atoms with Crippen LogP contribution in [0.2, 0.25) is 0 Å². The van der Waals surface area contributed by atoms with Crippen LogP contribution in [0.4, 0.5) is 0 Å². The van der Waals surface area contributed by atoms with Crippen LogP contribution in [0, 0.1) is 0 Å². The van der Waals surface area contributed by atoms with Crippen molar-refractivity contribution >= 4 is 5.91 Å². The first kappa shape index (κ1) is 13.4. The largest absolute Gasteiger partial charge is 0.392 e. The predicted molar refractivity (Wildman–Crippen MR) is 57.1 cm³/mol. The number of nitrogens with one attached hydrogen (secondary N) is 2. The molecule has 0 heterocycles. The molecule has 4 heteroatoms. The van der Waals surface area contributed by atoms with Crippen molar-refractivity contribution in [1.82, 2.24) is 10.6 Å².